The Hall–Kier alpha value is -0.870. The van der Waals surface area contributed by atoms with E-state index in [1.54, 1.807) is 0 Å². The van der Waals surface area contributed by atoms with Gasteiger partial charge >= 0.3 is 5.97 Å². The quantitative estimate of drug-likeness (QED) is 0.567. The van der Waals surface area contributed by atoms with E-state index in [4.69, 9.17) is 9.47 Å². The second-order valence-corrected chi connectivity index (χ2v) is 4.32. The predicted molar refractivity (Wildman–Crippen MR) is 62.2 cm³/mol. The average molecular weight is 227 g/mol. The third kappa shape index (κ3) is 3.61. The number of rotatable bonds is 5. The maximum absolute atomic E-state index is 11.3. The standard InChI is InChI=1S/C12H21NO3/c1-4-10(11(14)15-3)5-7-13-12(2)6-8-16-9-12/h5,13H,4,6-9H2,1-3H3. The highest BCUT2D eigenvalue weighted by Gasteiger charge is 2.28. The van der Waals surface area contributed by atoms with E-state index in [9.17, 15) is 4.79 Å². The molecule has 1 atom stereocenters. The van der Waals surface area contributed by atoms with Crippen LogP contribution in [-0.2, 0) is 14.3 Å². The van der Waals surface area contributed by atoms with Crippen LogP contribution in [0.2, 0.25) is 0 Å². The summed E-state index contributed by atoms with van der Waals surface area (Å²) in [6.45, 7) is 6.31. The normalized spacial score (nSPS) is 25.8. The van der Waals surface area contributed by atoms with Crippen LogP contribution in [0.5, 0.6) is 0 Å². The van der Waals surface area contributed by atoms with Crippen LogP contribution in [-0.4, -0.2) is 38.4 Å². The Morgan fingerprint density at radius 2 is 2.38 bits per heavy atom. The SMILES string of the molecule is CCC(=CCNC1(C)CCOC1)C(=O)OC. The Kier molecular flexibility index (Phi) is 4.96. The Bertz CT molecular complexity index is 267. The van der Waals surface area contributed by atoms with Crippen LogP contribution in [0.3, 0.4) is 0 Å². The van der Waals surface area contributed by atoms with Gasteiger partial charge in [-0.3, -0.25) is 0 Å². The van der Waals surface area contributed by atoms with Crippen LogP contribution in [0, 0.1) is 0 Å². The fraction of sp³-hybridized carbons (Fsp3) is 0.750. The summed E-state index contributed by atoms with van der Waals surface area (Å²) in [5, 5.41) is 3.39. The molecule has 1 aliphatic rings. The minimum absolute atomic E-state index is 0.0471. The van der Waals surface area contributed by atoms with Crippen LogP contribution in [0.4, 0.5) is 0 Å². The van der Waals surface area contributed by atoms with Gasteiger partial charge < -0.3 is 14.8 Å². The van der Waals surface area contributed by atoms with Gasteiger partial charge in [0.05, 0.1) is 13.7 Å². The fourth-order valence-corrected chi connectivity index (χ4v) is 1.73. The van der Waals surface area contributed by atoms with Crippen molar-refractivity contribution in [3.8, 4) is 0 Å². The van der Waals surface area contributed by atoms with E-state index in [1.807, 2.05) is 13.0 Å². The Morgan fingerprint density at radius 1 is 1.62 bits per heavy atom. The summed E-state index contributed by atoms with van der Waals surface area (Å²) in [5.41, 5.74) is 0.767. The smallest absolute Gasteiger partial charge is 0.333 e. The topological polar surface area (TPSA) is 47.6 Å². The number of nitrogens with one attached hydrogen (secondary N) is 1. The first-order valence-corrected chi connectivity index (χ1v) is 5.71. The van der Waals surface area contributed by atoms with Gasteiger partial charge in [-0.2, -0.15) is 0 Å². The van der Waals surface area contributed by atoms with E-state index in [-0.39, 0.29) is 11.5 Å². The van der Waals surface area contributed by atoms with Crippen LogP contribution in [0.25, 0.3) is 0 Å². The molecule has 0 aromatic heterocycles. The summed E-state index contributed by atoms with van der Waals surface area (Å²) < 4.78 is 10.0. The molecule has 0 amide bonds. The second kappa shape index (κ2) is 6.01. The molecule has 1 heterocycles. The lowest BCUT2D eigenvalue weighted by atomic mass is 10.0. The first kappa shape index (κ1) is 13.2. The zero-order valence-electron chi connectivity index (χ0n) is 10.3. The molecule has 4 heteroatoms. The predicted octanol–water partition coefficient (Wildman–Crippen LogP) is 1.26. The van der Waals surface area contributed by atoms with Crippen LogP contribution >= 0.6 is 0 Å². The monoisotopic (exact) mass is 227 g/mol. The minimum atomic E-state index is -0.239. The number of carbonyl (C=O) groups is 1. The number of hydrogen-bond acceptors (Lipinski definition) is 4. The molecule has 1 rings (SSSR count). The second-order valence-electron chi connectivity index (χ2n) is 4.32. The van der Waals surface area contributed by atoms with E-state index in [0.717, 1.165) is 25.2 Å². The van der Waals surface area contributed by atoms with E-state index in [1.165, 1.54) is 7.11 Å². The van der Waals surface area contributed by atoms with Gasteiger partial charge in [0.2, 0.25) is 0 Å². The zero-order valence-corrected chi connectivity index (χ0v) is 10.3. The van der Waals surface area contributed by atoms with Gasteiger partial charge in [0, 0.05) is 24.3 Å². The number of esters is 1. The molecule has 0 saturated carbocycles. The molecule has 0 spiro atoms. The summed E-state index contributed by atoms with van der Waals surface area (Å²) in [4.78, 5) is 11.3. The van der Waals surface area contributed by atoms with Crippen molar-refractivity contribution in [2.75, 3.05) is 26.9 Å². The number of carbonyl (C=O) groups excluding carboxylic acids is 1. The number of hydrogen-bond donors (Lipinski definition) is 1. The van der Waals surface area contributed by atoms with Gasteiger partial charge in [-0.25, -0.2) is 4.79 Å². The summed E-state index contributed by atoms with van der Waals surface area (Å²) in [6.07, 6.45) is 3.61. The minimum Gasteiger partial charge on any atom is -0.466 e. The van der Waals surface area contributed by atoms with Gasteiger partial charge in [-0.05, 0) is 19.8 Å². The lowest BCUT2D eigenvalue weighted by Gasteiger charge is -2.22. The van der Waals surface area contributed by atoms with Crippen molar-refractivity contribution in [3.63, 3.8) is 0 Å². The van der Waals surface area contributed by atoms with Gasteiger partial charge in [-0.15, -0.1) is 0 Å². The summed E-state index contributed by atoms with van der Waals surface area (Å²) in [5.74, 6) is -0.239. The van der Waals surface area contributed by atoms with Crippen molar-refractivity contribution in [2.45, 2.75) is 32.2 Å². The van der Waals surface area contributed by atoms with E-state index >= 15 is 0 Å². The molecule has 1 fully saturated rings. The summed E-state index contributed by atoms with van der Waals surface area (Å²) in [6, 6.07) is 0. The van der Waals surface area contributed by atoms with Crippen molar-refractivity contribution >= 4 is 5.97 Å². The van der Waals surface area contributed by atoms with Gasteiger partial charge in [-0.1, -0.05) is 13.0 Å². The third-order valence-corrected chi connectivity index (χ3v) is 2.92. The molecule has 0 radical (unpaired) electrons. The molecule has 0 aliphatic carbocycles. The summed E-state index contributed by atoms with van der Waals surface area (Å²) >= 11 is 0. The van der Waals surface area contributed by atoms with Crippen molar-refractivity contribution < 1.29 is 14.3 Å². The van der Waals surface area contributed by atoms with E-state index in [0.29, 0.717) is 13.0 Å². The van der Waals surface area contributed by atoms with Gasteiger partial charge in [0.25, 0.3) is 0 Å². The molecule has 1 unspecified atom stereocenters. The molecule has 0 bridgehead atoms. The Balaban J connectivity index is 2.42. The Morgan fingerprint density at radius 3 is 2.88 bits per heavy atom. The van der Waals surface area contributed by atoms with Crippen LogP contribution < -0.4 is 5.32 Å². The molecule has 0 aromatic carbocycles. The Labute approximate surface area is 97.0 Å². The van der Waals surface area contributed by atoms with E-state index in [2.05, 4.69) is 12.2 Å². The van der Waals surface area contributed by atoms with Gasteiger partial charge in [0.15, 0.2) is 0 Å². The largest absolute Gasteiger partial charge is 0.466 e. The lowest BCUT2D eigenvalue weighted by Crippen LogP contribution is -2.42. The molecular weight excluding hydrogens is 206 g/mol. The maximum atomic E-state index is 11.3. The third-order valence-electron chi connectivity index (χ3n) is 2.92. The average Bonchev–Trinajstić information content (AvgIpc) is 2.71. The highest BCUT2D eigenvalue weighted by molar-refractivity contribution is 5.88. The molecule has 16 heavy (non-hydrogen) atoms. The number of methoxy groups -OCH3 is 1. The van der Waals surface area contributed by atoms with Crippen molar-refractivity contribution in [3.05, 3.63) is 11.6 Å². The van der Waals surface area contributed by atoms with Crippen molar-refractivity contribution in [1.82, 2.24) is 5.32 Å². The van der Waals surface area contributed by atoms with Crippen molar-refractivity contribution in [2.24, 2.45) is 0 Å². The number of ether oxygens (including phenoxy) is 2. The molecule has 1 aliphatic heterocycles. The summed E-state index contributed by atoms with van der Waals surface area (Å²) in [7, 11) is 1.41. The van der Waals surface area contributed by atoms with Crippen LogP contribution in [0.15, 0.2) is 11.6 Å². The van der Waals surface area contributed by atoms with E-state index < -0.39 is 0 Å². The molecule has 1 saturated heterocycles. The maximum Gasteiger partial charge on any atom is 0.333 e. The molecule has 92 valence electrons. The van der Waals surface area contributed by atoms with Gasteiger partial charge in [0.1, 0.15) is 0 Å². The highest BCUT2D eigenvalue weighted by atomic mass is 16.5. The molecule has 1 N–H and O–H groups in total. The lowest BCUT2D eigenvalue weighted by molar-refractivity contribution is -0.136. The van der Waals surface area contributed by atoms with Crippen molar-refractivity contribution in [1.29, 1.82) is 0 Å². The van der Waals surface area contributed by atoms with Crippen LogP contribution in [0.1, 0.15) is 26.7 Å². The molecule has 4 nitrogen and oxygen atoms in total. The first-order chi connectivity index (χ1) is 7.61. The molecule has 0 aromatic rings. The fourth-order valence-electron chi connectivity index (χ4n) is 1.73. The molecular formula is C12H21NO3. The first-order valence-electron chi connectivity index (χ1n) is 5.71. The zero-order chi connectivity index (χ0) is 12.0. The highest BCUT2D eigenvalue weighted by Crippen LogP contribution is 2.17.